The van der Waals surface area contributed by atoms with Gasteiger partial charge in [0.1, 0.15) is 0 Å². The number of rotatable bonds is 3. The molecule has 0 unspecified atom stereocenters. The fraction of sp³-hybridized carbons (Fsp3) is 0.0667. The van der Waals surface area contributed by atoms with Crippen molar-refractivity contribution in [1.29, 1.82) is 0 Å². The van der Waals surface area contributed by atoms with Crippen LogP contribution in [0.3, 0.4) is 0 Å². The monoisotopic (exact) mass is 382 g/mol. The third-order valence-corrected chi connectivity index (χ3v) is 6.37. The van der Waals surface area contributed by atoms with Crippen LogP contribution in [0.4, 0.5) is 0 Å². The van der Waals surface area contributed by atoms with Crippen molar-refractivity contribution in [2.45, 2.75) is 12.8 Å². The lowest BCUT2D eigenvalue weighted by Crippen LogP contribution is -1.94. The van der Waals surface area contributed by atoms with Crippen LogP contribution in [0.15, 0.2) is 97.1 Å². The van der Waals surface area contributed by atoms with Crippen molar-refractivity contribution in [2.24, 2.45) is 0 Å². The van der Waals surface area contributed by atoms with Crippen LogP contribution in [0.1, 0.15) is 33.4 Å². The van der Waals surface area contributed by atoms with Crippen LogP contribution in [-0.4, -0.2) is 0 Å². The van der Waals surface area contributed by atoms with Crippen molar-refractivity contribution >= 4 is 23.3 Å². The second-order valence-electron chi connectivity index (χ2n) is 8.18. The number of hydrogen-bond donors (Lipinski definition) is 0. The molecule has 0 aliphatic heterocycles. The summed E-state index contributed by atoms with van der Waals surface area (Å²) in [5, 5.41) is 0. The molecule has 0 spiro atoms. The fourth-order valence-electron chi connectivity index (χ4n) is 4.90. The minimum atomic E-state index is 1.00. The molecule has 0 aromatic heterocycles. The van der Waals surface area contributed by atoms with E-state index < -0.39 is 0 Å². The Kier molecular flexibility index (Phi) is 4.02. The van der Waals surface area contributed by atoms with Crippen LogP contribution in [-0.2, 0) is 12.8 Å². The molecule has 0 heteroatoms. The highest BCUT2D eigenvalue weighted by Gasteiger charge is 2.20. The van der Waals surface area contributed by atoms with Crippen molar-refractivity contribution in [1.82, 2.24) is 0 Å². The van der Waals surface area contributed by atoms with Gasteiger partial charge in [-0.15, -0.1) is 0 Å². The van der Waals surface area contributed by atoms with E-state index in [1.807, 2.05) is 0 Å². The Morgan fingerprint density at radius 1 is 0.367 bits per heavy atom. The molecule has 0 heterocycles. The molecule has 4 aromatic rings. The smallest absolute Gasteiger partial charge is 0.00135 e. The summed E-state index contributed by atoms with van der Waals surface area (Å²) in [5.74, 6) is 0. The Bertz CT molecular complexity index is 1230. The third-order valence-electron chi connectivity index (χ3n) is 6.37. The van der Waals surface area contributed by atoms with Gasteiger partial charge in [0.05, 0.1) is 0 Å². The maximum atomic E-state index is 2.36. The maximum Gasteiger partial charge on any atom is -0.00135 e. The van der Waals surface area contributed by atoms with Gasteiger partial charge in [-0.3, -0.25) is 0 Å². The van der Waals surface area contributed by atoms with E-state index in [-0.39, 0.29) is 0 Å². The normalized spacial score (nSPS) is 14.1. The predicted molar refractivity (Wildman–Crippen MR) is 128 cm³/mol. The molecule has 0 radical (unpaired) electrons. The zero-order valence-corrected chi connectivity index (χ0v) is 16.8. The number of hydrogen-bond acceptors (Lipinski definition) is 0. The maximum absolute atomic E-state index is 2.36. The van der Waals surface area contributed by atoms with Gasteiger partial charge in [-0.1, -0.05) is 109 Å². The van der Waals surface area contributed by atoms with E-state index in [0.29, 0.717) is 0 Å². The highest BCUT2D eigenvalue weighted by molar-refractivity contribution is 5.98. The summed E-state index contributed by atoms with van der Waals surface area (Å²) >= 11 is 0. The summed E-state index contributed by atoms with van der Waals surface area (Å²) in [6.07, 6.45) is 6.73. The molecule has 0 atom stereocenters. The molecule has 30 heavy (non-hydrogen) atoms. The van der Waals surface area contributed by atoms with E-state index >= 15 is 0 Å². The Balaban J connectivity index is 1.46. The zero-order valence-electron chi connectivity index (χ0n) is 16.8. The molecule has 0 amide bonds. The van der Waals surface area contributed by atoms with Crippen LogP contribution < -0.4 is 0 Å². The third kappa shape index (κ3) is 2.84. The van der Waals surface area contributed by atoms with Crippen LogP contribution in [0.25, 0.3) is 34.4 Å². The molecule has 0 bridgehead atoms. The van der Waals surface area contributed by atoms with Gasteiger partial charge in [0.2, 0.25) is 0 Å². The first kappa shape index (κ1) is 17.2. The molecule has 2 aliphatic rings. The van der Waals surface area contributed by atoms with Gasteiger partial charge in [-0.05, 0) is 68.5 Å². The van der Waals surface area contributed by atoms with Gasteiger partial charge in [-0.2, -0.15) is 0 Å². The summed E-state index contributed by atoms with van der Waals surface area (Å²) < 4.78 is 0. The average molecular weight is 383 g/mol. The van der Waals surface area contributed by atoms with Crippen LogP contribution >= 0.6 is 0 Å². The minimum absolute atomic E-state index is 1.00. The largest absolute Gasteiger partial charge is 0.0619 e. The highest BCUT2D eigenvalue weighted by atomic mass is 14.2. The second-order valence-corrected chi connectivity index (χ2v) is 8.18. The Morgan fingerprint density at radius 2 is 0.733 bits per heavy atom. The van der Waals surface area contributed by atoms with Gasteiger partial charge in [0.15, 0.2) is 0 Å². The summed E-state index contributed by atoms with van der Waals surface area (Å²) in [4.78, 5) is 0. The first-order valence-electron chi connectivity index (χ1n) is 10.6. The highest BCUT2D eigenvalue weighted by Crippen LogP contribution is 2.41. The summed E-state index contributed by atoms with van der Waals surface area (Å²) in [6.45, 7) is 0. The zero-order chi connectivity index (χ0) is 19.9. The lowest BCUT2D eigenvalue weighted by molar-refractivity contribution is 1.31. The van der Waals surface area contributed by atoms with Crippen molar-refractivity contribution in [3.63, 3.8) is 0 Å². The van der Waals surface area contributed by atoms with Gasteiger partial charge >= 0.3 is 0 Å². The lowest BCUT2D eigenvalue weighted by Gasteiger charge is -2.15. The first-order valence-corrected chi connectivity index (χ1v) is 10.6. The molecule has 0 saturated heterocycles. The second kappa shape index (κ2) is 7.00. The number of fused-ring (bicyclic) bond motifs is 2. The standard InChI is InChI=1S/C30H22/c1-2-10-22-18-25(17-21(22)9-1)27-13-5-7-15-29(27)30-16-8-6-14-28(30)26-19-23-11-3-4-12-24(23)20-26/h1-17,19H,18,20H2. The van der Waals surface area contributed by atoms with E-state index in [1.54, 1.807) is 0 Å². The Hall–Kier alpha value is -3.64. The van der Waals surface area contributed by atoms with Gasteiger partial charge in [0.25, 0.3) is 0 Å². The van der Waals surface area contributed by atoms with Crippen LogP contribution in [0.5, 0.6) is 0 Å². The van der Waals surface area contributed by atoms with E-state index in [4.69, 9.17) is 0 Å². The van der Waals surface area contributed by atoms with E-state index in [0.717, 1.165) is 12.8 Å². The number of benzene rings is 4. The van der Waals surface area contributed by atoms with Gasteiger partial charge in [0, 0.05) is 0 Å². The van der Waals surface area contributed by atoms with E-state index in [2.05, 4.69) is 109 Å². The number of allylic oxidation sites excluding steroid dienone is 2. The van der Waals surface area contributed by atoms with Crippen molar-refractivity contribution in [2.75, 3.05) is 0 Å². The van der Waals surface area contributed by atoms with E-state index in [1.165, 1.54) is 55.7 Å². The molecule has 0 fully saturated rings. The molecular formula is C30H22. The minimum Gasteiger partial charge on any atom is -0.0619 e. The average Bonchev–Trinajstić information content (AvgIpc) is 3.43. The topological polar surface area (TPSA) is 0 Å². The van der Waals surface area contributed by atoms with Crippen molar-refractivity contribution in [3.05, 3.63) is 130 Å². The fourth-order valence-corrected chi connectivity index (χ4v) is 4.90. The molecule has 6 rings (SSSR count). The Labute approximate surface area is 177 Å². The summed E-state index contributed by atoms with van der Waals surface area (Å²) in [7, 11) is 0. The molecule has 142 valence electrons. The van der Waals surface area contributed by atoms with Gasteiger partial charge in [-0.25, -0.2) is 0 Å². The van der Waals surface area contributed by atoms with Crippen LogP contribution in [0.2, 0.25) is 0 Å². The summed E-state index contributed by atoms with van der Waals surface area (Å²) in [6, 6.07) is 35.2. The molecule has 2 aliphatic carbocycles. The predicted octanol–water partition coefficient (Wildman–Crippen LogP) is 7.55. The molecule has 4 aromatic carbocycles. The quantitative estimate of drug-likeness (QED) is 0.343. The molecule has 0 nitrogen and oxygen atoms in total. The lowest BCUT2D eigenvalue weighted by atomic mass is 9.88. The van der Waals surface area contributed by atoms with Gasteiger partial charge < -0.3 is 0 Å². The Morgan fingerprint density at radius 3 is 1.17 bits per heavy atom. The van der Waals surface area contributed by atoms with E-state index in [9.17, 15) is 0 Å². The van der Waals surface area contributed by atoms with Crippen LogP contribution in [0, 0.1) is 0 Å². The first-order chi connectivity index (χ1) is 14.9. The molecule has 0 saturated carbocycles. The summed E-state index contributed by atoms with van der Waals surface area (Å²) in [5.41, 5.74) is 13.7. The van der Waals surface area contributed by atoms with Crippen molar-refractivity contribution in [3.8, 4) is 11.1 Å². The molecular weight excluding hydrogens is 360 g/mol. The SMILES string of the molecule is C1=C(c2ccccc2-c2ccccc2C2=Cc3ccccc3C2)Cc2ccccc21. The molecule has 0 N–H and O–H groups in total. The van der Waals surface area contributed by atoms with Crippen molar-refractivity contribution < 1.29 is 0 Å².